The zero-order valence-electron chi connectivity index (χ0n) is 19.5. The number of ether oxygens (including phenoxy) is 1. The Hall–Kier alpha value is -3.57. The van der Waals surface area contributed by atoms with Gasteiger partial charge in [0.2, 0.25) is 5.91 Å². The Morgan fingerprint density at radius 3 is 2.83 bits per heavy atom. The second-order valence-corrected chi connectivity index (χ2v) is 9.54. The molecule has 1 aliphatic rings. The van der Waals surface area contributed by atoms with Gasteiger partial charge in [-0.25, -0.2) is 14.8 Å². The summed E-state index contributed by atoms with van der Waals surface area (Å²) in [7, 11) is 0. The molecule has 0 aromatic carbocycles. The van der Waals surface area contributed by atoms with Crippen LogP contribution in [-0.2, 0) is 27.2 Å². The monoisotopic (exact) mass is 497 g/mol. The highest BCUT2D eigenvalue weighted by Gasteiger charge is 2.31. The predicted molar refractivity (Wildman–Crippen MR) is 133 cm³/mol. The first-order valence-corrected chi connectivity index (χ1v) is 12.2. The number of carbonyl (C=O) groups is 2. The van der Waals surface area contributed by atoms with Crippen molar-refractivity contribution in [3.05, 3.63) is 62.0 Å². The summed E-state index contributed by atoms with van der Waals surface area (Å²) in [6.07, 6.45) is 5.19. The molecule has 1 atom stereocenters. The van der Waals surface area contributed by atoms with Crippen molar-refractivity contribution in [2.45, 2.75) is 38.6 Å². The number of rotatable bonds is 8. The number of carbonyl (C=O) groups excluding carboxylic acids is 1. The third kappa shape index (κ3) is 5.41. The zero-order chi connectivity index (χ0) is 25.1. The third-order valence-electron chi connectivity index (χ3n) is 5.82. The number of pyridine rings is 1. The van der Waals surface area contributed by atoms with Gasteiger partial charge in [0, 0.05) is 30.6 Å². The molecule has 4 heterocycles. The standard InChI is InChI=1S/C24H27N5O5S/c1-14(2)17-13-35-20(26-17)5-3-15-7-8-29-19(11-15)27-23(16(24(29)33)4-6-21(30)31)28-9-10-34-12-18(28)22(25)32/h4,6-8,11,13-14,18H,3,5,9-10,12H2,1-2H3,(H2,25,32)(H,30,31). The van der Waals surface area contributed by atoms with Crippen LogP contribution in [0.15, 0.2) is 34.6 Å². The minimum absolute atomic E-state index is 0.0602. The van der Waals surface area contributed by atoms with Crippen LogP contribution in [-0.4, -0.2) is 57.2 Å². The number of hydrogen-bond acceptors (Lipinski definition) is 8. The summed E-state index contributed by atoms with van der Waals surface area (Å²) in [4.78, 5) is 47.5. The Labute approximate surface area is 205 Å². The molecule has 4 rings (SSSR count). The number of primary amides is 1. The number of thiazole rings is 1. The molecule has 1 aliphatic heterocycles. The first kappa shape index (κ1) is 24.6. The average molecular weight is 498 g/mol. The Bertz CT molecular complexity index is 1350. The molecule has 0 aliphatic carbocycles. The molecule has 0 saturated carbocycles. The molecule has 11 heteroatoms. The lowest BCUT2D eigenvalue weighted by Crippen LogP contribution is -2.53. The number of fused-ring (bicyclic) bond motifs is 1. The predicted octanol–water partition coefficient (Wildman–Crippen LogP) is 1.85. The molecular formula is C24H27N5O5S. The van der Waals surface area contributed by atoms with E-state index in [1.165, 1.54) is 10.5 Å². The third-order valence-corrected chi connectivity index (χ3v) is 6.75. The highest BCUT2D eigenvalue weighted by atomic mass is 32.1. The molecule has 184 valence electrons. The topological polar surface area (TPSA) is 140 Å². The molecule has 1 unspecified atom stereocenters. The van der Waals surface area contributed by atoms with E-state index in [4.69, 9.17) is 15.6 Å². The fourth-order valence-electron chi connectivity index (χ4n) is 3.91. The summed E-state index contributed by atoms with van der Waals surface area (Å²) in [5, 5.41) is 12.2. The summed E-state index contributed by atoms with van der Waals surface area (Å²) in [5.41, 5.74) is 7.65. The number of nitrogens with two attached hydrogens (primary N) is 1. The summed E-state index contributed by atoms with van der Waals surface area (Å²) in [6, 6.07) is 2.85. The van der Waals surface area contributed by atoms with Crippen molar-refractivity contribution in [1.29, 1.82) is 0 Å². The van der Waals surface area contributed by atoms with E-state index in [9.17, 15) is 14.4 Å². The van der Waals surface area contributed by atoms with Crippen molar-refractivity contribution in [3.8, 4) is 0 Å². The molecule has 1 saturated heterocycles. The number of aromatic nitrogens is 3. The normalized spacial score (nSPS) is 16.4. The van der Waals surface area contributed by atoms with Crippen LogP contribution in [0.3, 0.4) is 0 Å². The molecule has 0 spiro atoms. The largest absolute Gasteiger partial charge is 0.478 e. The van der Waals surface area contributed by atoms with Gasteiger partial charge in [-0.05, 0) is 36.1 Å². The number of nitrogens with zero attached hydrogens (tertiary/aromatic N) is 4. The zero-order valence-corrected chi connectivity index (χ0v) is 20.3. The number of hydrogen-bond donors (Lipinski definition) is 2. The van der Waals surface area contributed by atoms with Crippen molar-refractivity contribution in [2.75, 3.05) is 24.7 Å². The van der Waals surface area contributed by atoms with E-state index in [0.29, 0.717) is 18.2 Å². The molecule has 1 fully saturated rings. The highest BCUT2D eigenvalue weighted by Crippen LogP contribution is 2.23. The van der Waals surface area contributed by atoms with Crippen LogP contribution >= 0.6 is 11.3 Å². The molecule has 0 radical (unpaired) electrons. The van der Waals surface area contributed by atoms with Crippen molar-refractivity contribution in [2.24, 2.45) is 5.73 Å². The number of amides is 1. The fraction of sp³-hybridized carbons (Fsp3) is 0.375. The molecule has 3 aromatic rings. The molecular weight excluding hydrogens is 470 g/mol. The van der Waals surface area contributed by atoms with Crippen molar-refractivity contribution in [3.63, 3.8) is 0 Å². The van der Waals surface area contributed by atoms with E-state index < -0.39 is 23.5 Å². The van der Waals surface area contributed by atoms with Gasteiger partial charge >= 0.3 is 5.97 Å². The van der Waals surface area contributed by atoms with Crippen LogP contribution in [0.1, 0.15) is 41.6 Å². The van der Waals surface area contributed by atoms with Gasteiger partial charge in [-0.2, -0.15) is 0 Å². The van der Waals surface area contributed by atoms with E-state index in [1.54, 1.807) is 22.4 Å². The molecule has 3 N–H and O–H groups in total. The average Bonchev–Trinajstić information content (AvgIpc) is 3.31. The number of carboxylic acids is 1. The Kier molecular flexibility index (Phi) is 7.27. The number of carboxylic acid groups (broad SMARTS) is 1. The molecule has 10 nitrogen and oxygen atoms in total. The molecule has 1 amide bonds. The van der Waals surface area contributed by atoms with Gasteiger partial charge < -0.3 is 20.5 Å². The van der Waals surface area contributed by atoms with Gasteiger partial charge in [-0.3, -0.25) is 14.0 Å². The van der Waals surface area contributed by atoms with Gasteiger partial charge in [0.1, 0.15) is 17.5 Å². The van der Waals surface area contributed by atoms with Crippen LogP contribution in [0.4, 0.5) is 5.82 Å². The van der Waals surface area contributed by atoms with Crippen molar-refractivity contribution >= 4 is 40.8 Å². The van der Waals surface area contributed by atoms with Gasteiger partial charge in [-0.15, -0.1) is 11.3 Å². The maximum absolute atomic E-state index is 13.3. The van der Waals surface area contributed by atoms with Crippen molar-refractivity contribution in [1.82, 2.24) is 14.4 Å². The van der Waals surface area contributed by atoms with Gasteiger partial charge in [0.25, 0.3) is 5.56 Å². The smallest absolute Gasteiger partial charge is 0.328 e. The van der Waals surface area contributed by atoms with E-state index in [-0.39, 0.29) is 24.5 Å². The quantitative estimate of drug-likeness (QED) is 0.449. The van der Waals surface area contributed by atoms with Crippen LogP contribution in [0.5, 0.6) is 0 Å². The van der Waals surface area contributed by atoms with Crippen LogP contribution in [0.25, 0.3) is 11.7 Å². The minimum atomic E-state index is -1.20. The first-order valence-electron chi connectivity index (χ1n) is 11.3. The van der Waals surface area contributed by atoms with Gasteiger partial charge in [-0.1, -0.05) is 13.8 Å². The minimum Gasteiger partial charge on any atom is -0.478 e. The first-order chi connectivity index (χ1) is 16.7. The Morgan fingerprint density at radius 1 is 1.34 bits per heavy atom. The summed E-state index contributed by atoms with van der Waals surface area (Å²) >= 11 is 1.64. The summed E-state index contributed by atoms with van der Waals surface area (Å²) in [6.45, 7) is 4.89. The lowest BCUT2D eigenvalue weighted by Gasteiger charge is -2.35. The number of anilines is 1. The van der Waals surface area contributed by atoms with Gasteiger partial charge in [0.15, 0.2) is 0 Å². The van der Waals surface area contributed by atoms with E-state index in [1.807, 2.05) is 12.1 Å². The van der Waals surface area contributed by atoms with Gasteiger partial charge in [0.05, 0.1) is 29.5 Å². The number of aryl methyl sites for hydroxylation is 2. The lowest BCUT2D eigenvalue weighted by molar-refractivity contribution is -0.131. The van der Waals surface area contributed by atoms with Crippen molar-refractivity contribution < 1.29 is 19.4 Å². The van der Waals surface area contributed by atoms with Crippen LogP contribution < -0.4 is 16.2 Å². The highest BCUT2D eigenvalue weighted by molar-refractivity contribution is 7.09. The van der Waals surface area contributed by atoms with Crippen LogP contribution in [0.2, 0.25) is 0 Å². The SMILES string of the molecule is CC(C)c1csc(CCc2ccn3c(=O)c(C=CC(=O)O)c(N4CCOCC4C(N)=O)nc3c2)n1. The molecule has 0 bridgehead atoms. The number of aliphatic carboxylic acids is 1. The Morgan fingerprint density at radius 2 is 2.14 bits per heavy atom. The second kappa shape index (κ2) is 10.4. The maximum atomic E-state index is 13.3. The molecule has 35 heavy (non-hydrogen) atoms. The lowest BCUT2D eigenvalue weighted by atomic mass is 10.1. The van der Waals surface area contributed by atoms with E-state index in [2.05, 4.69) is 29.2 Å². The van der Waals surface area contributed by atoms with E-state index >= 15 is 0 Å². The summed E-state index contributed by atoms with van der Waals surface area (Å²) < 4.78 is 6.76. The fourth-order valence-corrected chi connectivity index (χ4v) is 4.87. The Balaban J connectivity index is 1.73. The van der Waals surface area contributed by atoms with E-state index in [0.717, 1.165) is 35.2 Å². The van der Waals surface area contributed by atoms with Crippen LogP contribution in [0, 0.1) is 0 Å². The summed E-state index contributed by atoms with van der Waals surface area (Å²) in [5.74, 6) is -1.23. The second-order valence-electron chi connectivity index (χ2n) is 8.60. The molecule has 3 aromatic heterocycles. The maximum Gasteiger partial charge on any atom is 0.328 e. The number of morpholine rings is 1.